The normalized spacial score (nSPS) is 25.0. The number of rotatable bonds is 3. The van der Waals surface area contributed by atoms with Crippen LogP contribution in [0.3, 0.4) is 0 Å². The molecule has 1 aromatic carbocycles. The molecule has 0 saturated carbocycles. The van der Waals surface area contributed by atoms with Crippen LogP contribution in [-0.4, -0.2) is 27.0 Å². The molecule has 1 aliphatic heterocycles. The van der Waals surface area contributed by atoms with Crippen molar-refractivity contribution in [2.24, 2.45) is 0 Å². The summed E-state index contributed by atoms with van der Waals surface area (Å²) in [7, 11) is -3.57. The molecule has 1 saturated heterocycles. The fourth-order valence-corrected chi connectivity index (χ4v) is 3.44. The van der Waals surface area contributed by atoms with Crippen LogP contribution < -0.4 is 10.0 Å². The number of piperidine rings is 1. The van der Waals surface area contributed by atoms with Gasteiger partial charge >= 0.3 is 0 Å². The first-order chi connectivity index (χ1) is 8.49. The minimum atomic E-state index is -3.57. The van der Waals surface area contributed by atoms with E-state index in [9.17, 15) is 12.8 Å². The van der Waals surface area contributed by atoms with Crippen molar-refractivity contribution in [1.29, 1.82) is 0 Å². The van der Waals surface area contributed by atoms with Gasteiger partial charge in [0.15, 0.2) is 0 Å². The van der Waals surface area contributed by atoms with E-state index in [1.165, 1.54) is 12.1 Å². The summed E-state index contributed by atoms with van der Waals surface area (Å²) in [6.45, 7) is 2.87. The third kappa shape index (κ3) is 3.07. The molecule has 4 nitrogen and oxygen atoms in total. The van der Waals surface area contributed by atoms with Gasteiger partial charge in [0.05, 0.1) is 4.90 Å². The van der Waals surface area contributed by atoms with E-state index in [0.29, 0.717) is 0 Å². The SMILES string of the molecule is CC1NCCCC1NS(=O)(=O)c1ccc(F)cc1. The maximum absolute atomic E-state index is 12.8. The predicted octanol–water partition coefficient (Wildman–Crippen LogP) is 1.24. The second-order valence-electron chi connectivity index (χ2n) is 4.57. The lowest BCUT2D eigenvalue weighted by atomic mass is 10.0. The van der Waals surface area contributed by atoms with E-state index in [4.69, 9.17) is 0 Å². The molecule has 1 aromatic rings. The second-order valence-corrected chi connectivity index (χ2v) is 6.28. The molecule has 0 aromatic heterocycles. The first kappa shape index (κ1) is 13.5. The third-order valence-corrected chi connectivity index (χ3v) is 4.70. The molecule has 1 aliphatic rings. The zero-order valence-corrected chi connectivity index (χ0v) is 11.0. The van der Waals surface area contributed by atoms with Gasteiger partial charge in [-0.1, -0.05) is 0 Å². The van der Waals surface area contributed by atoms with Crippen molar-refractivity contribution in [3.8, 4) is 0 Å². The molecule has 6 heteroatoms. The Kier molecular flexibility index (Phi) is 3.99. The van der Waals surface area contributed by atoms with Crippen molar-refractivity contribution < 1.29 is 12.8 Å². The van der Waals surface area contributed by atoms with E-state index in [-0.39, 0.29) is 17.0 Å². The van der Waals surface area contributed by atoms with Gasteiger partial charge in [0.2, 0.25) is 10.0 Å². The van der Waals surface area contributed by atoms with Gasteiger partial charge in [-0.25, -0.2) is 17.5 Å². The van der Waals surface area contributed by atoms with Crippen LogP contribution in [0.2, 0.25) is 0 Å². The van der Waals surface area contributed by atoms with Crippen LogP contribution in [0.25, 0.3) is 0 Å². The van der Waals surface area contributed by atoms with Crippen molar-refractivity contribution in [3.05, 3.63) is 30.1 Å². The summed E-state index contributed by atoms with van der Waals surface area (Å²) in [6.07, 6.45) is 1.76. The molecule has 2 rings (SSSR count). The summed E-state index contributed by atoms with van der Waals surface area (Å²) in [4.78, 5) is 0.0988. The minimum absolute atomic E-state index is 0.0988. The molecule has 1 fully saturated rings. The Bertz CT molecular complexity index is 501. The Morgan fingerprint density at radius 2 is 2.00 bits per heavy atom. The Balaban J connectivity index is 2.13. The monoisotopic (exact) mass is 272 g/mol. The van der Waals surface area contributed by atoms with E-state index < -0.39 is 15.8 Å². The number of hydrogen-bond donors (Lipinski definition) is 2. The average molecular weight is 272 g/mol. The Morgan fingerprint density at radius 1 is 1.33 bits per heavy atom. The van der Waals surface area contributed by atoms with Crippen LogP contribution in [0.15, 0.2) is 29.2 Å². The topological polar surface area (TPSA) is 58.2 Å². The number of halogens is 1. The van der Waals surface area contributed by atoms with Gasteiger partial charge in [-0.3, -0.25) is 0 Å². The van der Waals surface area contributed by atoms with Gasteiger partial charge < -0.3 is 5.32 Å². The number of benzene rings is 1. The number of hydrogen-bond acceptors (Lipinski definition) is 3. The minimum Gasteiger partial charge on any atom is -0.313 e. The van der Waals surface area contributed by atoms with Crippen molar-refractivity contribution in [1.82, 2.24) is 10.0 Å². The van der Waals surface area contributed by atoms with Crippen molar-refractivity contribution in [2.75, 3.05) is 6.54 Å². The molecule has 0 aliphatic carbocycles. The molecule has 100 valence electrons. The largest absolute Gasteiger partial charge is 0.313 e. The average Bonchev–Trinajstić information content (AvgIpc) is 2.32. The summed E-state index contributed by atoms with van der Waals surface area (Å²) < 4.78 is 39.6. The Morgan fingerprint density at radius 3 is 2.61 bits per heavy atom. The lowest BCUT2D eigenvalue weighted by Crippen LogP contribution is -2.51. The molecule has 2 atom stereocenters. The summed E-state index contributed by atoms with van der Waals surface area (Å²) in [6, 6.07) is 4.84. The highest BCUT2D eigenvalue weighted by Crippen LogP contribution is 2.14. The molecular weight excluding hydrogens is 255 g/mol. The van der Waals surface area contributed by atoms with E-state index in [0.717, 1.165) is 31.5 Å². The first-order valence-electron chi connectivity index (χ1n) is 6.00. The highest BCUT2D eigenvalue weighted by Gasteiger charge is 2.26. The summed E-state index contributed by atoms with van der Waals surface area (Å²) >= 11 is 0. The molecule has 2 unspecified atom stereocenters. The van der Waals surface area contributed by atoms with E-state index in [2.05, 4.69) is 10.0 Å². The van der Waals surface area contributed by atoms with Crippen LogP contribution in [-0.2, 0) is 10.0 Å². The lowest BCUT2D eigenvalue weighted by molar-refractivity contribution is 0.349. The van der Waals surface area contributed by atoms with Crippen LogP contribution in [0.5, 0.6) is 0 Å². The maximum Gasteiger partial charge on any atom is 0.240 e. The highest BCUT2D eigenvalue weighted by molar-refractivity contribution is 7.89. The second kappa shape index (κ2) is 5.34. The standard InChI is InChI=1S/C12H17FN2O2S/c1-9-12(3-2-8-14-9)15-18(16,17)11-6-4-10(13)5-7-11/h4-7,9,12,14-15H,2-3,8H2,1H3. The van der Waals surface area contributed by atoms with Crippen molar-refractivity contribution in [2.45, 2.75) is 36.7 Å². The predicted molar refractivity (Wildman–Crippen MR) is 67.2 cm³/mol. The third-order valence-electron chi connectivity index (χ3n) is 3.19. The summed E-state index contributed by atoms with van der Waals surface area (Å²) in [5.41, 5.74) is 0. The smallest absolute Gasteiger partial charge is 0.240 e. The van der Waals surface area contributed by atoms with Gasteiger partial charge in [-0.05, 0) is 50.6 Å². The summed E-state index contributed by atoms with van der Waals surface area (Å²) in [5, 5.41) is 3.23. The quantitative estimate of drug-likeness (QED) is 0.870. The van der Waals surface area contributed by atoms with Crippen LogP contribution >= 0.6 is 0 Å². The van der Waals surface area contributed by atoms with Gasteiger partial charge in [-0.15, -0.1) is 0 Å². The van der Waals surface area contributed by atoms with Crippen molar-refractivity contribution >= 4 is 10.0 Å². The Labute approximate surface area is 107 Å². The fraction of sp³-hybridized carbons (Fsp3) is 0.500. The first-order valence-corrected chi connectivity index (χ1v) is 7.48. The molecule has 0 amide bonds. The molecule has 1 heterocycles. The molecule has 18 heavy (non-hydrogen) atoms. The van der Waals surface area contributed by atoms with E-state index >= 15 is 0 Å². The van der Waals surface area contributed by atoms with Crippen LogP contribution in [0, 0.1) is 5.82 Å². The molecule has 0 radical (unpaired) electrons. The number of sulfonamides is 1. The molecule has 0 spiro atoms. The zero-order chi connectivity index (χ0) is 13.2. The van der Waals surface area contributed by atoms with E-state index in [1.807, 2.05) is 6.92 Å². The molecule has 0 bridgehead atoms. The molecule has 2 N–H and O–H groups in total. The number of nitrogens with one attached hydrogen (secondary N) is 2. The Hall–Kier alpha value is -0.980. The van der Waals surface area contributed by atoms with E-state index in [1.54, 1.807) is 0 Å². The van der Waals surface area contributed by atoms with Gasteiger partial charge in [0.1, 0.15) is 5.82 Å². The zero-order valence-electron chi connectivity index (χ0n) is 10.2. The van der Waals surface area contributed by atoms with Crippen LogP contribution in [0.4, 0.5) is 4.39 Å². The highest BCUT2D eigenvalue weighted by atomic mass is 32.2. The van der Waals surface area contributed by atoms with Gasteiger partial charge in [0.25, 0.3) is 0 Å². The molecular formula is C12H17FN2O2S. The van der Waals surface area contributed by atoms with Crippen molar-refractivity contribution in [3.63, 3.8) is 0 Å². The fourth-order valence-electron chi connectivity index (χ4n) is 2.09. The van der Waals surface area contributed by atoms with Gasteiger partial charge in [0, 0.05) is 12.1 Å². The maximum atomic E-state index is 12.8. The lowest BCUT2D eigenvalue weighted by Gasteiger charge is -2.30. The van der Waals surface area contributed by atoms with Crippen LogP contribution in [0.1, 0.15) is 19.8 Å². The summed E-state index contributed by atoms with van der Waals surface area (Å²) in [5.74, 6) is -0.443. The van der Waals surface area contributed by atoms with Gasteiger partial charge in [-0.2, -0.15) is 0 Å².